The summed E-state index contributed by atoms with van der Waals surface area (Å²) in [7, 11) is 1.63. The summed E-state index contributed by atoms with van der Waals surface area (Å²) in [6.45, 7) is 1.77. The first-order valence-corrected chi connectivity index (χ1v) is 6.04. The van der Waals surface area contributed by atoms with Crippen LogP contribution in [0, 0.1) is 11.6 Å². The highest BCUT2D eigenvalue weighted by Crippen LogP contribution is 2.33. The number of halogens is 2. The summed E-state index contributed by atoms with van der Waals surface area (Å²) in [6.07, 6.45) is 0. The van der Waals surface area contributed by atoms with Crippen molar-refractivity contribution in [3.8, 4) is 0 Å². The van der Waals surface area contributed by atoms with Gasteiger partial charge >= 0.3 is 0 Å². The molecule has 1 atom stereocenters. The lowest BCUT2D eigenvalue weighted by molar-refractivity contribution is 0.613. The number of nitrogens with zero attached hydrogens (tertiary/aromatic N) is 1. The molecule has 2 N–H and O–H groups in total. The molecule has 100 valence electrons. The monoisotopic (exact) mass is 262 g/mol. The fourth-order valence-electron chi connectivity index (χ4n) is 2.10. The van der Waals surface area contributed by atoms with Gasteiger partial charge in [-0.3, -0.25) is 0 Å². The third-order valence-electron chi connectivity index (χ3n) is 3.06. The molecule has 2 aromatic rings. The Hall–Kier alpha value is -1.94. The summed E-state index contributed by atoms with van der Waals surface area (Å²) in [6, 6.07) is 10.6. The van der Waals surface area contributed by atoms with E-state index in [1.807, 2.05) is 0 Å². The van der Waals surface area contributed by atoms with Crippen molar-refractivity contribution in [2.45, 2.75) is 13.0 Å². The number of hydrogen-bond acceptors (Lipinski definition) is 2. The van der Waals surface area contributed by atoms with Crippen LogP contribution >= 0.6 is 0 Å². The van der Waals surface area contributed by atoms with Gasteiger partial charge in [-0.15, -0.1) is 0 Å². The van der Waals surface area contributed by atoms with Gasteiger partial charge in [0.1, 0.15) is 11.6 Å². The third-order valence-corrected chi connectivity index (χ3v) is 3.06. The fourth-order valence-corrected chi connectivity index (χ4v) is 2.10. The summed E-state index contributed by atoms with van der Waals surface area (Å²) >= 11 is 0. The van der Waals surface area contributed by atoms with Gasteiger partial charge in [-0.1, -0.05) is 24.3 Å². The molecule has 2 rings (SSSR count). The Labute approximate surface area is 111 Å². The van der Waals surface area contributed by atoms with Crippen molar-refractivity contribution in [3.63, 3.8) is 0 Å². The second kappa shape index (κ2) is 5.36. The maximum absolute atomic E-state index is 14.1. The number of benzene rings is 2. The van der Waals surface area contributed by atoms with Crippen molar-refractivity contribution < 1.29 is 8.78 Å². The van der Waals surface area contributed by atoms with Gasteiger partial charge in [-0.05, 0) is 30.7 Å². The standard InChI is InChI=1S/C15H16F2N2/c1-10(18)11-6-5-8-13(17)15(11)19(2)14-9-4-3-7-12(14)16/h3-10H,18H2,1-2H3. The Kier molecular flexibility index (Phi) is 3.81. The predicted molar refractivity (Wildman–Crippen MR) is 73.5 cm³/mol. The van der Waals surface area contributed by atoms with Crippen molar-refractivity contribution in [2.24, 2.45) is 5.73 Å². The van der Waals surface area contributed by atoms with E-state index in [9.17, 15) is 8.78 Å². The van der Waals surface area contributed by atoms with E-state index in [-0.39, 0.29) is 6.04 Å². The van der Waals surface area contributed by atoms with Crippen LogP contribution in [0.2, 0.25) is 0 Å². The lowest BCUT2D eigenvalue weighted by atomic mass is 10.0. The second-order valence-corrected chi connectivity index (χ2v) is 4.48. The van der Waals surface area contributed by atoms with Crippen LogP contribution in [-0.2, 0) is 0 Å². The smallest absolute Gasteiger partial charge is 0.147 e. The minimum absolute atomic E-state index is 0.308. The molecule has 0 aliphatic heterocycles. The zero-order valence-electron chi connectivity index (χ0n) is 10.9. The highest BCUT2D eigenvalue weighted by Gasteiger charge is 2.18. The molecule has 0 heterocycles. The molecule has 0 saturated heterocycles. The lowest BCUT2D eigenvalue weighted by Gasteiger charge is -2.25. The molecule has 1 unspecified atom stereocenters. The van der Waals surface area contributed by atoms with Gasteiger partial charge in [0.2, 0.25) is 0 Å². The first-order valence-electron chi connectivity index (χ1n) is 6.04. The van der Waals surface area contributed by atoms with Crippen molar-refractivity contribution >= 4 is 11.4 Å². The molecule has 0 radical (unpaired) electrons. The molecule has 2 nitrogen and oxygen atoms in total. The number of nitrogens with two attached hydrogens (primary N) is 1. The average molecular weight is 262 g/mol. The van der Waals surface area contributed by atoms with E-state index in [1.54, 1.807) is 44.3 Å². The molecule has 19 heavy (non-hydrogen) atoms. The number of para-hydroxylation sites is 2. The Morgan fingerprint density at radius 3 is 2.26 bits per heavy atom. The molecule has 0 aliphatic rings. The van der Waals surface area contributed by atoms with Crippen LogP contribution in [0.1, 0.15) is 18.5 Å². The van der Waals surface area contributed by atoms with E-state index in [0.717, 1.165) is 0 Å². The first-order chi connectivity index (χ1) is 9.02. The zero-order valence-corrected chi connectivity index (χ0v) is 10.9. The van der Waals surface area contributed by atoms with Crippen molar-refractivity contribution in [1.29, 1.82) is 0 Å². The molecule has 2 aromatic carbocycles. The molecule has 0 fully saturated rings. The van der Waals surface area contributed by atoms with Crippen LogP contribution in [0.4, 0.5) is 20.2 Å². The Balaban J connectivity index is 2.56. The Bertz CT molecular complexity index is 582. The van der Waals surface area contributed by atoms with Crippen molar-refractivity contribution in [3.05, 3.63) is 59.7 Å². The lowest BCUT2D eigenvalue weighted by Crippen LogP contribution is -2.18. The highest BCUT2D eigenvalue weighted by atomic mass is 19.1. The van der Waals surface area contributed by atoms with E-state index in [2.05, 4.69) is 0 Å². The van der Waals surface area contributed by atoms with E-state index < -0.39 is 11.6 Å². The summed E-state index contributed by atoms with van der Waals surface area (Å²) in [5.74, 6) is -0.815. The molecule has 0 bridgehead atoms. The van der Waals surface area contributed by atoms with Gasteiger partial charge in [0.25, 0.3) is 0 Å². The van der Waals surface area contributed by atoms with Gasteiger partial charge in [-0.2, -0.15) is 0 Å². The van der Waals surface area contributed by atoms with Crippen LogP contribution in [0.15, 0.2) is 42.5 Å². The summed E-state index contributed by atoms with van der Waals surface area (Å²) in [5.41, 5.74) is 7.12. The summed E-state index contributed by atoms with van der Waals surface area (Å²) in [4.78, 5) is 1.49. The minimum atomic E-state index is -0.416. The quantitative estimate of drug-likeness (QED) is 0.912. The molecule has 0 spiro atoms. The van der Waals surface area contributed by atoms with Gasteiger partial charge in [0.15, 0.2) is 0 Å². The zero-order chi connectivity index (χ0) is 14.0. The fraction of sp³-hybridized carbons (Fsp3) is 0.200. The van der Waals surface area contributed by atoms with Crippen molar-refractivity contribution in [1.82, 2.24) is 0 Å². The highest BCUT2D eigenvalue weighted by molar-refractivity contribution is 5.67. The van der Waals surface area contributed by atoms with Crippen LogP contribution in [0.3, 0.4) is 0 Å². The Morgan fingerprint density at radius 2 is 1.63 bits per heavy atom. The maximum Gasteiger partial charge on any atom is 0.147 e. The number of hydrogen-bond donors (Lipinski definition) is 1. The molecular weight excluding hydrogens is 246 g/mol. The SMILES string of the molecule is CC(N)c1cccc(F)c1N(C)c1ccccc1F. The van der Waals surface area contributed by atoms with Crippen LogP contribution in [0.5, 0.6) is 0 Å². The van der Waals surface area contributed by atoms with E-state index >= 15 is 0 Å². The van der Waals surface area contributed by atoms with Gasteiger partial charge in [-0.25, -0.2) is 8.78 Å². The predicted octanol–water partition coefficient (Wildman–Crippen LogP) is 3.75. The molecule has 0 saturated carbocycles. The Morgan fingerprint density at radius 1 is 1.00 bits per heavy atom. The van der Waals surface area contributed by atoms with E-state index in [4.69, 9.17) is 5.73 Å². The van der Waals surface area contributed by atoms with E-state index in [0.29, 0.717) is 16.9 Å². The molecule has 4 heteroatoms. The average Bonchev–Trinajstić information content (AvgIpc) is 2.38. The summed E-state index contributed by atoms with van der Waals surface area (Å²) in [5, 5.41) is 0. The summed E-state index contributed by atoms with van der Waals surface area (Å²) < 4.78 is 27.9. The normalized spacial score (nSPS) is 12.3. The van der Waals surface area contributed by atoms with Gasteiger partial charge < -0.3 is 10.6 Å². The topological polar surface area (TPSA) is 29.3 Å². The minimum Gasteiger partial charge on any atom is -0.340 e. The second-order valence-electron chi connectivity index (χ2n) is 4.48. The van der Waals surface area contributed by atoms with Crippen molar-refractivity contribution in [2.75, 3.05) is 11.9 Å². The van der Waals surface area contributed by atoms with Gasteiger partial charge in [0, 0.05) is 13.1 Å². The molecule has 0 amide bonds. The number of rotatable bonds is 3. The third kappa shape index (κ3) is 2.58. The molecule has 0 aromatic heterocycles. The number of anilines is 2. The van der Waals surface area contributed by atoms with Gasteiger partial charge in [0.05, 0.1) is 11.4 Å². The first kappa shape index (κ1) is 13.5. The molecular formula is C15H16F2N2. The van der Waals surface area contributed by atoms with Crippen LogP contribution < -0.4 is 10.6 Å². The van der Waals surface area contributed by atoms with Crippen LogP contribution in [-0.4, -0.2) is 7.05 Å². The maximum atomic E-state index is 14.1. The van der Waals surface area contributed by atoms with E-state index in [1.165, 1.54) is 17.0 Å². The largest absolute Gasteiger partial charge is 0.340 e. The van der Waals surface area contributed by atoms with Crippen LogP contribution in [0.25, 0.3) is 0 Å². The molecule has 0 aliphatic carbocycles.